The molecule has 9 heteroatoms. The summed E-state index contributed by atoms with van der Waals surface area (Å²) in [7, 11) is -2.58. The van der Waals surface area contributed by atoms with Crippen LogP contribution < -0.4 is 4.72 Å². The van der Waals surface area contributed by atoms with Crippen molar-refractivity contribution in [3.05, 3.63) is 28.8 Å². The van der Waals surface area contributed by atoms with Gasteiger partial charge in [0, 0.05) is 12.1 Å². The molecule has 0 spiro atoms. The van der Waals surface area contributed by atoms with Crippen molar-refractivity contribution >= 4 is 33.5 Å². The van der Waals surface area contributed by atoms with Crippen LogP contribution in [0.3, 0.4) is 0 Å². The Balaban J connectivity index is 2.94. The summed E-state index contributed by atoms with van der Waals surface area (Å²) in [6.07, 6.45) is 1.57. The maximum atomic E-state index is 12.5. The number of halogens is 1. The van der Waals surface area contributed by atoms with E-state index in [1.54, 1.807) is 4.90 Å². The number of carbonyl (C=O) groups is 2. The van der Waals surface area contributed by atoms with Gasteiger partial charge >= 0.3 is 5.97 Å². The molecule has 152 valence electrons. The van der Waals surface area contributed by atoms with Gasteiger partial charge in [-0.2, -0.15) is 0 Å². The van der Waals surface area contributed by atoms with E-state index in [1.165, 1.54) is 19.2 Å². The third-order valence-corrected chi connectivity index (χ3v) is 6.37. The largest absolute Gasteiger partial charge is 0.452 e. The zero-order chi connectivity index (χ0) is 20.8. The first-order chi connectivity index (χ1) is 12.6. The highest BCUT2D eigenvalue weighted by molar-refractivity contribution is 7.89. The third kappa shape index (κ3) is 5.92. The SMILES string of the molecule is CC[C@@H](C)N(C(=O)COC(=O)c1ccc(Cl)c(S(=O)(=O)NC)c1)[C@H](C)CC. The minimum atomic E-state index is -3.82. The van der Waals surface area contributed by atoms with Crippen LogP contribution >= 0.6 is 11.6 Å². The fourth-order valence-electron chi connectivity index (χ4n) is 2.55. The zero-order valence-corrected chi connectivity index (χ0v) is 17.9. The normalized spacial score (nSPS) is 13.7. The maximum absolute atomic E-state index is 12.5. The topological polar surface area (TPSA) is 92.8 Å². The Morgan fingerprint density at radius 3 is 2.22 bits per heavy atom. The van der Waals surface area contributed by atoms with Crippen molar-refractivity contribution in [2.45, 2.75) is 57.5 Å². The number of ether oxygens (including phenoxy) is 1. The number of esters is 1. The Kier molecular flexibility index (Phi) is 8.71. The molecule has 1 aromatic carbocycles. The van der Waals surface area contributed by atoms with Crippen LogP contribution in [0.1, 0.15) is 50.9 Å². The minimum absolute atomic E-state index is 0.000319. The lowest BCUT2D eigenvalue weighted by molar-refractivity contribution is -0.139. The summed E-state index contributed by atoms with van der Waals surface area (Å²) >= 11 is 5.90. The van der Waals surface area contributed by atoms with Crippen molar-refractivity contribution in [3.63, 3.8) is 0 Å². The van der Waals surface area contributed by atoms with Gasteiger partial charge in [0.1, 0.15) is 4.90 Å². The van der Waals surface area contributed by atoms with E-state index in [0.717, 1.165) is 18.9 Å². The van der Waals surface area contributed by atoms with Gasteiger partial charge in [-0.25, -0.2) is 17.9 Å². The van der Waals surface area contributed by atoms with Gasteiger partial charge in [-0.15, -0.1) is 0 Å². The van der Waals surface area contributed by atoms with Gasteiger partial charge in [-0.05, 0) is 51.9 Å². The highest BCUT2D eigenvalue weighted by Crippen LogP contribution is 2.23. The van der Waals surface area contributed by atoms with Gasteiger partial charge in [0.05, 0.1) is 10.6 Å². The van der Waals surface area contributed by atoms with E-state index in [1.807, 2.05) is 27.7 Å². The zero-order valence-electron chi connectivity index (χ0n) is 16.3. The van der Waals surface area contributed by atoms with Crippen LogP contribution in [0.15, 0.2) is 23.1 Å². The van der Waals surface area contributed by atoms with Crippen molar-refractivity contribution in [2.24, 2.45) is 0 Å². The molecular formula is C18H27ClN2O5S. The molecule has 27 heavy (non-hydrogen) atoms. The van der Waals surface area contributed by atoms with Crippen LogP contribution in [0.25, 0.3) is 0 Å². The number of rotatable bonds is 9. The van der Waals surface area contributed by atoms with Gasteiger partial charge < -0.3 is 9.64 Å². The van der Waals surface area contributed by atoms with E-state index < -0.39 is 22.6 Å². The molecule has 1 N–H and O–H groups in total. The summed E-state index contributed by atoms with van der Waals surface area (Å²) in [4.78, 5) is 26.3. The Morgan fingerprint density at radius 2 is 1.74 bits per heavy atom. The Labute approximate surface area is 166 Å². The van der Waals surface area contributed by atoms with E-state index in [2.05, 4.69) is 4.72 Å². The van der Waals surface area contributed by atoms with Crippen molar-refractivity contribution < 1.29 is 22.7 Å². The molecule has 0 aliphatic heterocycles. The summed E-state index contributed by atoms with van der Waals surface area (Å²) < 4.78 is 31.2. The highest BCUT2D eigenvalue weighted by Gasteiger charge is 2.25. The Bertz CT molecular complexity index is 772. The van der Waals surface area contributed by atoms with E-state index in [0.29, 0.717) is 0 Å². The number of benzene rings is 1. The molecule has 7 nitrogen and oxygen atoms in total. The molecule has 2 atom stereocenters. The molecule has 1 rings (SSSR count). The number of hydrogen-bond acceptors (Lipinski definition) is 5. The van der Waals surface area contributed by atoms with E-state index in [-0.39, 0.29) is 33.5 Å². The fraction of sp³-hybridized carbons (Fsp3) is 0.556. The summed E-state index contributed by atoms with van der Waals surface area (Å²) in [6, 6.07) is 3.82. The monoisotopic (exact) mass is 418 g/mol. The van der Waals surface area contributed by atoms with Gasteiger partial charge in [0.2, 0.25) is 10.0 Å². The fourth-order valence-corrected chi connectivity index (χ4v) is 3.80. The molecule has 1 amide bonds. The van der Waals surface area contributed by atoms with Crippen molar-refractivity contribution in [2.75, 3.05) is 13.7 Å². The number of hydrogen-bond donors (Lipinski definition) is 1. The first kappa shape index (κ1) is 23.4. The van der Waals surface area contributed by atoms with Crippen LogP contribution in [0.2, 0.25) is 5.02 Å². The lowest BCUT2D eigenvalue weighted by atomic mass is 10.1. The Morgan fingerprint density at radius 1 is 1.19 bits per heavy atom. The average molecular weight is 419 g/mol. The Hall–Kier alpha value is -1.64. The first-order valence-corrected chi connectivity index (χ1v) is 10.7. The van der Waals surface area contributed by atoms with Gasteiger partial charge in [-0.3, -0.25) is 4.79 Å². The second-order valence-electron chi connectivity index (χ2n) is 6.24. The quantitative estimate of drug-likeness (QED) is 0.622. The molecule has 0 fully saturated rings. The van der Waals surface area contributed by atoms with Crippen LogP contribution in [-0.4, -0.2) is 50.9 Å². The molecule has 0 aliphatic carbocycles. The van der Waals surface area contributed by atoms with Gasteiger partial charge in [-0.1, -0.05) is 25.4 Å². The number of carbonyl (C=O) groups excluding carboxylic acids is 2. The number of nitrogens with one attached hydrogen (secondary N) is 1. The molecule has 0 unspecified atom stereocenters. The second kappa shape index (κ2) is 10.1. The molecule has 0 saturated carbocycles. The standard InChI is InChI=1S/C18H27ClN2O5S/c1-6-12(3)21(13(4)7-2)17(22)11-26-18(23)14-8-9-15(19)16(10-14)27(24,25)20-5/h8-10,12-13,20H,6-7,11H2,1-5H3/t12-,13-/m1/s1. The van der Waals surface area contributed by atoms with E-state index in [4.69, 9.17) is 16.3 Å². The average Bonchev–Trinajstić information content (AvgIpc) is 2.65. The summed E-state index contributed by atoms with van der Waals surface area (Å²) in [5, 5.41) is -0.0170. The lowest BCUT2D eigenvalue weighted by Crippen LogP contribution is -2.46. The van der Waals surface area contributed by atoms with E-state index >= 15 is 0 Å². The summed E-state index contributed by atoms with van der Waals surface area (Å²) in [5.41, 5.74) is -0.000319. The van der Waals surface area contributed by atoms with Crippen LogP contribution in [-0.2, 0) is 19.6 Å². The van der Waals surface area contributed by atoms with Gasteiger partial charge in [0.15, 0.2) is 6.61 Å². The molecule has 0 aliphatic rings. The van der Waals surface area contributed by atoms with E-state index in [9.17, 15) is 18.0 Å². The van der Waals surface area contributed by atoms with Crippen molar-refractivity contribution in [3.8, 4) is 0 Å². The molecule has 0 bridgehead atoms. The van der Waals surface area contributed by atoms with Gasteiger partial charge in [0.25, 0.3) is 5.91 Å². The molecule has 1 aromatic rings. The number of sulfonamides is 1. The first-order valence-electron chi connectivity index (χ1n) is 8.80. The highest BCUT2D eigenvalue weighted by atomic mass is 35.5. The molecule has 0 saturated heterocycles. The van der Waals surface area contributed by atoms with Crippen LogP contribution in [0, 0.1) is 0 Å². The van der Waals surface area contributed by atoms with Crippen LogP contribution in [0.4, 0.5) is 0 Å². The second-order valence-corrected chi connectivity index (χ2v) is 8.51. The summed E-state index contributed by atoms with van der Waals surface area (Å²) in [6.45, 7) is 7.44. The lowest BCUT2D eigenvalue weighted by Gasteiger charge is -2.33. The molecular weight excluding hydrogens is 392 g/mol. The number of nitrogens with zero attached hydrogens (tertiary/aromatic N) is 1. The molecule has 0 radical (unpaired) electrons. The van der Waals surface area contributed by atoms with Crippen molar-refractivity contribution in [1.29, 1.82) is 0 Å². The third-order valence-electron chi connectivity index (χ3n) is 4.47. The predicted molar refractivity (Wildman–Crippen MR) is 104 cm³/mol. The predicted octanol–water partition coefficient (Wildman–Crippen LogP) is 2.83. The van der Waals surface area contributed by atoms with Crippen LogP contribution in [0.5, 0.6) is 0 Å². The number of amides is 1. The minimum Gasteiger partial charge on any atom is -0.452 e. The smallest absolute Gasteiger partial charge is 0.338 e. The summed E-state index contributed by atoms with van der Waals surface area (Å²) in [5.74, 6) is -1.08. The van der Waals surface area contributed by atoms with Crippen molar-refractivity contribution in [1.82, 2.24) is 9.62 Å². The maximum Gasteiger partial charge on any atom is 0.338 e. The molecule has 0 aromatic heterocycles. The molecule has 0 heterocycles.